The predicted octanol–water partition coefficient (Wildman–Crippen LogP) is 4.05. The topological polar surface area (TPSA) is 105 Å². The summed E-state index contributed by atoms with van der Waals surface area (Å²) in [6.45, 7) is 1.56. The standard InChI is InChI=1S/C23H14F2O6/c1-23(10-26)4-2-11(12(3-5-23)22(29)30)21-13-6-15(24)17(27)8-19(13)31-20-9-18(28)16(25)7-14(20)21/h2-10,27H,1H3,(H,29,30). The summed E-state index contributed by atoms with van der Waals surface area (Å²) in [6, 6.07) is 3.68. The Morgan fingerprint density at radius 2 is 1.81 bits per heavy atom. The number of hydrogen-bond acceptors (Lipinski definition) is 5. The van der Waals surface area contributed by atoms with E-state index in [1.807, 2.05) is 0 Å². The van der Waals surface area contributed by atoms with Gasteiger partial charge in [0.1, 0.15) is 17.6 Å². The van der Waals surface area contributed by atoms with E-state index >= 15 is 0 Å². The van der Waals surface area contributed by atoms with Crippen LogP contribution in [0.1, 0.15) is 12.5 Å². The molecule has 156 valence electrons. The molecule has 1 aromatic rings. The second kappa shape index (κ2) is 7.02. The zero-order valence-electron chi connectivity index (χ0n) is 16.0. The van der Waals surface area contributed by atoms with E-state index in [9.17, 15) is 33.4 Å². The van der Waals surface area contributed by atoms with Crippen LogP contribution in [0.5, 0.6) is 5.75 Å². The molecule has 0 aromatic heterocycles. The van der Waals surface area contributed by atoms with Crippen molar-refractivity contribution in [1.82, 2.24) is 0 Å². The molecule has 0 saturated heterocycles. The Labute approximate surface area is 173 Å². The van der Waals surface area contributed by atoms with Crippen LogP contribution in [0.15, 0.2) is 63.4 Å². The lowest BCUT2D eigenvalue weighted by atomic mass is 9.89. The number of aliphatic carboxylic acids is 1. The number of carbonyl (C=O) groups excluding carboxylic acids is 1. The van der Waals surface area contributed by atoms with Crippen LogP contribution in [0.3, 0.4) is 0 Å². The van der Waals surface area contributed by atoms with Crippen LogP contribution >= 0.6 is 0 Å². The third kappa shape index (κ3) is 3.31. The van der Waals surface area contributed by atoms with Crippen LogP contribution in [-0.2, 0) is 9.59 Å². The van der Waals surface area contributed by atoms with Gasteiger partial charge in [0.15, 0.2) is 17.4 Å². The second-order valence-corrected chi connectivity index (χ2v) is 7.34. The van der Waals surface area contributed by atoms with Gasteiger partial charge in [-0.05, 0) is 30.7 Å². The van der Waals surface area contributed by atoms with Gasteiger partial charge < -0.3 is 19.4 Å². The van der Waals surface area contributed by atoms with Crippen molar-refractivity contribution in [2.24, 2.45) is 5.41 Å². The fourth-order valence-electron chi connectivity index (χ4n) is 3.43. The Balaban J connectivity index is 2.22. The first-order valence-electron chi connectivity index (χ1n) is 9.05. The fourth-order valence-corrected chi connectivity index (χ4v) is 3.43. The Hall–Kier alpha value is -4.07. The molecule has 1 aliphatic heterocycles. The van der Waals surface area contributed by atoms with Crippen LogP contribution in [0.25, 0.3) is 27.9 Å². The number of fused-ring (bicyclic) bond motifs is 2. The van der Waals surface area contributed by atoms with Gasteiger partial charge in [-0.3, -0.25) is 4.79 Å². The minimum atomic E-state index is -1.34. The molecule has 0 amide bonds. The van der Waals surface area contributed by atoms with Crippen LogP contribution in [-0.4, -0.2) is 22.5 Å². The van der Waals surface area contributed by atoms with Gasteiger partial charge in [-0.1, -0.05) is 18.2 Å². The molecule has 6 nitrogen and oxygen atoms in total. The summed E-state index contributed by atoms with van der Waals surface area (Å²) < 4.78 is 34.0. The van der Waals surface area contributed by atoms with Crippen LogP contribution in [0, 0.1) is 17.0 Å². The van der Waals surface area contributed by atoms with Crippen molar-refractivity contribution in [2.45, 2.75) is 6.92 Å². The minimum absolute atomic E-state index is 0.0243. The molecule has 1 unspecified atom stereocenters. The maximum absolute atomic E-state index is 14.2. The molecule has 0 saturated carbocycles. The third-order valence-corrected chi connectivity index (χ3v) is 5.10. The quantitative estimate of drug-likeness (QED) is 0.486. The van der Waals surface area contributed by atoms with E-state index in [-0.39, 0.29) is 39.0 Å². The first-order chi connectivity index (χ1) is 14.6. The Morgan fingerprint density at radius 3 is 2.48 bits per heavy atom. The van der Waals surface area contributed by atoms with Crippen LogP contribution in [0.4, 0.5) is 8.78 Å². The Morgan fingerprint density at radius 1 is 1.10 bits per heavy atom. The molecule has 2 N–H and O–H groups in total. The largest absolute Gasteiger partial charge is 0.505 e. The van der Waals surface area contributed by atoms with Crippen LogP contribution < -0.4 is 5.43 Å². The average molecular weight is 424 g/mol. The molecular formula is C23H14F2O6. The molecule has 0 fully saturated rings. The summed E-state index contributed by atoms with van der Waals surface area (Å²) in [5.74, 6) is -4.26. The summed E-state index contributed by atoms with van der Waals surface area (Å²) in [5.41, 5.74) is -2.21. The van der Waals surface area contributed by atoms with E-state index in [2.05, 4.69) is 0 Å². The van der Waals surface area contributed by atoms with Gasteiger partial charge in [0, 0.05) is 28.6 Å². The number of carbonyl (C=O) groups is 2. The first kappa shape index (κ1) is 20.2. The van der Waals surface area contributed by atoms with E-state index in [0.29, 0.717) is 6.29 Å². The van der Waals surface area contributed by atoms with Crippen molar-refractivity contribution in [3.63, 3.8) is 0 Å². The number of aromatic hydroxyl groups is 1. The summed E-state index contributed by atoms with van der Waals surface area (Å²) in [6.07, 6.45) is 6.09. The highest BCUT2D eigenvalue weighted by molar-refractivity contribution is 6.09. The van der Waals surface area contributed by atoms with Gasteiger partial charge in [-0.15, -0.1) is 0 Å². The molecule has 31 heavy (non-hydrogen) atoms. The van der Waals surface area contributed by atoms with Crippen molar-refractivity contribution in [3.8, 4) is 17.1 Å². The lowest BCUT2D eigenvalue weighted by Crippen LogP contribution is -2.10. The van der Waals surface area contributed by atoms with Gasteiger partial charge in [-0.25, -0.2) is 13.6 Å². The summed E-state index contributed by atoms with van der Waals surface area (Å²) >= 11 is 0. The Kier molecular flexibility index (Phi) is 4.57. The van der Waals surface area contributed by atoms with Gasteiger partial charge in [0.05, 0.1) is 11.0 Å². The molecule has 4 rings (SSSR count). The molecule has 1 heterocycles. The number of allylic oxidation sites excluding steroid dienone is 4. The number of rotatable bonds is 3. The van der Waals surface area contributed by atoms with E-state index < -0.39 is 34.2 Å². The molecular weight excluding hydrogens is 410 g/mol. The number of phenols is 1. The van der Waals surface area contributed by atoms with Gasteiger partial charge >= 0.3 is 5.97 Å². The van der Waals surface area contributed by atoms with Crippen molar-refractivity contribution >= 4 is 28.8 Å². The Bertz CT molecular complexity index is 1400. The lowest BCUT2D eigenvalue weighted by molar-refractivity contribution is -0.132. The van der Waals surface area contributed by atoms with E-state index in [1.165, 1.54) is 24.3 Å². The molecule has 8 heteroatoms. The second-order valence-electron chi connectivity index (χ2n) is 7.34. The first-order valence-corrected chi connectivity index (χ1v) is 9.05. The number of hydrogen-bond donors (Lipinski definition) is 2. The van der Waals surface area contributed by atoms with Crippen molar-refractivity contribution in [3.05, 3.63) is 81.6 Å². The smallest absolute Gasteiger partial charge is 0.336 e. The van der Waals surface area contributed by atoms with Crippen LogP contribution in [0.2, 0.25) is 0 Å². The third-order valence-electron chi connectivity index (χ3n) is 5.10. The number of benzene rings is 2. The summed E-state index contributed by atoms with van der Waals surface area (Å²) in [4.78, 5) is 35.3. The van der Waals surface area contributed by atoms with E-state index in [4.69, 9.17) is 4.42 Å². The highest BCUT2D eigenvalue weighted by Crippen LogP contribution is 2.42. The SMILES string of the molecule is CC1(C=O)C=CC(C(=O)O)=C(c2c3cc(F)c(=O)cc-3oc3cc(O)c(F)cc23)C=C1. The molecule has 1 aromatic carbocycles. The molecule has 3 aliphatic rings. The van der Waals surface area contributed by atoms with Crippen molar-refractivity contribution < 1.29 is 33.0 Å². The van der Waals surface area contributed by atoms with Gasteiger partial charge in [-0.2, -0.15) is 0 Å². The summed E-state index contributed by atoms with van der Waals surface area (Å²) in [5, 5.41) is 19.6. The molecule has 0 spiro atoms. The predicted molar refractivity (Wildman–Crippen MR) is 108 cm³/mol. The molecule has 0 radical (unpaired) electrons. The maximum atomic E-state index is 14.2. The van der Waals surface area contributed by atoms with E-state index in [1.54, 1.807) is 6.92 Å². The zero-order valence-corrected chi connectivity index (χ0v) is 16.0. The molecule has 1 atom stereocenters. The fraction of sp³-hybridized carbons (Fsp3) is 0.0870. The number of halogens is 2. The van der Waals surface area contributed by atoms with Gasteiger partial charge in [0.2, 0.25) is 5.43 Å². The van der Waals surface area contributed by atoms with E-state index in [0.717, 1.165) is 24.3 Å². The van der Waals surface area contributed by atoms with Crippen molar-refractivity contribution in [2.75, 3.05) is 0 Å². The molecule has 2 aliphatic carbocycles. The number of carboxylic acids is 1. The zero-order chi connectivity index (χ0) is 22.5. The summed E-state index contributed by atoms with van der Waals surface area (Å²) in [7, 11) is 0. The normalized spacial score (nSPS) is 18.5. The number of aldehydes is 1. The highest BCUT2D eigenvalue weighted by atomic mass is 19.1. The van der Waals surface area contributed by atoms with Crippen molar-refractivity contribution in [1.29, 1.82) is 0 Å². The average Bonchev–Trinajstić information content (AvgIpc) is 2.89. The number of carboxylic acid groups (broad SMARTS) is 1. The minimum Gasteiger partial charge on any atom is -0.505 e. The lowest BCUT2D eigenvalue weighted by Gasteiger charge is -2.17. The van der Waals surface area contributed by atoms with Gasteiger partial charge in [0.25, 0.3) is 0 Å². The monoisotopic (exact) mass is 424 g/mol. The maximum Gasteiger partial charge on any atom is 0.336 e. The number of phenolic OH excluding ortho intramolecular Hbond substituents is 1. The highest BCUT2D eigenvalue weighted by Gasteiger charge is 2.27. The molecule has 0 bridgehead atoms.